The van der Waals surface area contributed by atoms with Gasteiger partial charge in [0.15, 0.2) is 6.29 Å². The van der Waals surface area contributed by atoms with E-state index in [1.807, 2.05) is 24.3 Å². The van der Waals surface area contributed by atoms with Crippen LogP contribution in [-0.2, 0) is 6.42 Å². The van der Waals surface area contributed by atoms with Crippen molar-refractivity contribution in [2.24, 2.45) is 0 Å². The Bertz CT molecular complexity index is 605. The Morgan fingerprint density at radius 3 is 2.50 bits per heavy atom. The highest BCUT2D eigenvalue weighted by Gasteiger charge is 2.05. The van der Waals surface area contributed by atoms with Crippen molar-refractivity contribution in [3.8, 4) is 11.5 Å². The van der Waals surface area contributed by atoms with Gasteiger partial charge in [-0.2, -0.15) is 0 Å². The number of aryl methyl sites for hydroxylation is 1. The van der Waals surface area contributed by atoms with E-state index < -0.39 is 0 Å². The van der Waals surface area contributed by atoms with Gasteiger partial charge in [0.2, 0.25) is 0 Å². The third kappa shape index (κ3) is 4.99. The van der Waals surface area contributed by atoms with Crippen molar-refractivity contribution in [2.75, 3.05) is 0 Å². The molecule has 2 rings (SSSR count). The molecule has 0 bridgehead atoms. The normalized spacial score (nSPS) is 10.5. The molecule has 0 amide bonds. The predicted octanol–water partition coefficient (Wildman–Crippen LogP) is 6.18. The summed E-state index contributed by atoms with van der Waals surface area (Å²) in [6.45, 7) is 2.22. The highest BCUT2D eigenvalue weighted by atomic mass is 79.9. The third-order valence-electron chi connectivity index (χ3n) is 3.57. The highest BCUT2D eigenvalue weighted by molar-refractivity contribution is 9.10. The van der Waals surface area contributed by atoms with Crippen molar-refractivity contribution in [1.82, 2.24) is 0 Å². The smallest absolute Gasteiger partial charge is 0.153 e. The second-order valence-corrected chi connectivity index (χ2v) is 6.27. The zero-order chi connectivity index (χ0) is 15.8. The van der Waals surface area contributed by atoms with Crippen LogP contribution in [0.4, 0.5) is 0 Å². The van der Waals surface area contributed by atoms with Gasteiger partial charge in [-0.25, -0.2) is 0 Å². The molecule has 0 saturated carbocycles. The lowest BCUT2D eigenvalue weighted by Gasteiger charge is -2.09. The van der Waals surface area contributed by atoms with Crippen LogP contribution in [0.5, 0.6) is 11.5 Å². The van der Waals surface area contributed by atoms with E-state index in [0.717, 1.165) is 22.9 Å². The van der Waals surface area contributed by atoms with E-state index >= 15 is 0 Å². The van der Waals surface area contributed by atoms with Crippen molar-refractivity contribution in [1.29, 1.82) is 0 Å². The molecular weight excluding hydrogens is 340 g/mol. The first-order chi connectivity index (χ1) is 10.7. The maximum atomic E-state index is 11.1. The molecule has 0 aliphatic rings. The fourth-order valence-electron chi connectivity index (χ4n) is 2.30. The van der Waals surface area contributed by atoms with Gasteiger partial charge in [0.1, 0.15) is 11.5 Å². The monoisotopic (exact) mass is 360 g/mol. The number of halogens is 1. The van der Waals surface area contributed by atoms with Crippen LogP contribution >= 0.6 is 15.9 Å². The molecule has 0 unspecified atom stereocenters. The van der Waals surface area contributed by atoms with Crippen molar-refractivity contribution in [3.63, 3.8) is 0 Å². The molecule has 0 saturated heterocycles. The van der Waals surface area contributed by atoms with Crippen LogP contribution < -0.4 is 4.74 Å². The van der Waals surface area contributed by atoms with Crippen molar-refractivity contribution in [2.45, 2.75) is 39.0 Å². The second-order valence-electron chi connectivity index (χ2n) is 5.36. The topological polar surface area (TPSA) is 26.3 Å². The SMILES string of the molecule is CCCCCCc1ccc(Oc2cc(Br)ccc2C=O)cc1. The lowest BCUT2D eigenvalue weighted by molar-refractivity contribution is 0.112. The first kappa shape index (κ1) is 16.8. The molecule has 0 aromatic heterocycles. The lowest BCUT2D eigenvalue weighted by atomic mass is 10.1. The summed E-state index contributed by atoms with van der Waals surface area (Å²) in [5, 5.41) is 0. The van der Waals surface area contributed by atoms with Crippen LogP contribution in [0, 0.1) is 0 Å². The van der Waals surface area contributed by atoms with E-state index in [2.05, 4.69) is 35.0 Å². The molecule has 2 aromatic carbocycles. The molecule has 0 aliphatic carbocycles. The Hall–Kier alpha value is -1.61. The summed E-state index contributed by atoms with van der Waals surface area (Å²) in [5.74, 6) is 1.32. The minimum atomic E-state index is 0.548. The summed E-state index contributed by atoms with van der Waals surface area (Å²) in [5.41, 5.74) is 1.88. The Kier molecular flexibility index (Phi) is 6.66. The number of aldehydes is 1. The maximum absolute atomic E-state index is 11.1. The second kappa shape index (κ2) is 8.74. The number of rotatable bonds is 8. The molecule has 0 aliphatic heterocycles. The summed E-state index contributed by atoms with van der Waals surface area (Å²) < 4.78 is 6.71. The molecule has 0 N–H and O–H groups in total. The van der Waals surface area contributed by atoms with Crippen LogP contribution in [0.15, 0.2) is 46.9 Å². The van der Waals surface area contributed by atoms with E-state index in [-0.39, 0.29) is 0 Å². The van der Waals surface area contributed by atoms with Gasteiger partial charge < -0.3 is 4.74 Å². The first-order valence-electron chi connectivity index (χ1n) is 7.74. The largest absolute Gasteiger partial charge is 0.457 e. The quantitative estimate of drug-likeness (QED) is 0.415. The standard InChI is InChI=1S/C19H21BrO2/c1-2-3-4-5-6-15-7-11-18(12-8-15)22-19-13-17(20)10-9-16(19)14-21/h7-14H,2-6H2,1H3. The number of carbonyl (C=O) groups is 1. The lowest BCUT2D eigenvalue weighted by Crippen LogP contribution is -1.91. The number of carbonyl (C=O) groups excluding carboxylic acids is 1. The Balaban J connectivity index is 1.99. The average Bonchev–Trinajstić information content (AvgIpc) is 2.53. The molecule has 0 atom stereocenters. The van der Waals surface area contributed by atoms with Gasteiger partial charge in [-0.05, 0) is 48.7 Å². The fourth-order valence-corrected chi connectivity index (χ4v) is 2.64. The van der Waals surface area contributed by atoms with Gasteiger partial charge in [0.05, 0.1) is 5.56 Å². The summed E-state index contributed by atoms with van der Waals surface area (Å²) in [7, 11) is 0. The van der Waals surface area contributed by atoms with E-state index in [1.165, 1.54) is 31.2 Å². The molecule has 0 fully saturated rings. The predicted molar refractivity (Wildman–Crippen MR) is 93.9 cm³/mol. The van der Waals surface area contributed by atoms with Gasteiger partial charge in [-0.1, -0.05) is 54.2 Å². The highest BCUT2D eigenvalue weighted by Crippen LogP contribution is 2.28. The fraction of sp³-hybridized carbons (Fsp3) is 0.316. The minimum Gasteiger partial charge on any atom is -0.457 e. The number of hydrogen-bond acceptors (Lipinski definition) is 2. The van der Waals surface area contributed by atoms with Crippen molar-refractivity contribution in [3.05, 3.63) is 58.1 Å². The molecule has 116 valence electrons. The van der Waals surface area contributed by atoms with Gasteiger partial charge in [0, 0.05) is 4.47 Å². The van der Waals surface area contributed by atoms with Gasteiger partial charge in [0.25, 0.3) is 0 Å². The Labute approximate surface area is 140 Å². The summed E-state index contributed by atoms with van der Waals surface area (Å²) >= 11 is 3.40. The van der Waals surface area contributed by atoms with Gasteiger partial charge in [-0.15, -0.1) is 0 Å². The van der Waals surface area contributed by atoms with Crippen molar-refractivity contribution < 1.29 is 9.53 Å². The van der Waals surface area contributed by atoms with Crippen molar-refractivity contribution >= 4 is 22.2 Å². The van der Waals surface area contributed by atoms with E-state index in [9.17, 15) is 4.79 Å². The average molecular weight is 361 g/mol. The first-order valence-corrected chi connectivity index (χ1v) is 8.53. The molecule has 3 heteroatoms. The van der Waals surface area contributed by atoms with E-state index in [4.69, 9.17) is 4.74 Å². The summed E-state index contributed by atoms with van der Waals surface area (Å²) in [6.07, 6.45) is 7.00. The number of benzene rings is 2. The maximum Gasteiger partial charge on any atom is 0.153 e. The van der Waals surface area contributed by atoms with Crippen LogP contribution in [0.25, 0.3) is 0 Å². The van der Waals surface area contributed by atoms with Crippen LogP contribution in [0.2, 0.25) is 0 Å². The molecule has 2 nitrogen and oxygen atoms in total. The molecule has 0 heterocycles. The van der Waals surface area contributed by atoms with Crippen LogP contribution in [0.3, 0.4) is 0 Å². The number of unbranched alkanes of at least 4 members (excludes halogenated alkanes) is 3. The number of ether oxygens (including phenoxy) is 1. The minimum absolute atomic E-state index is 0.548. The molecule has 22 heavy (non-hydrogen) atoms. The molecule has 2 aromatic rings. The molecule has 0 radical (unpaired) electrons. The summed E-state index contributed by atoms with van der Waals surface area (Å²) in [6, 6.07) is 13.5. The van der Waals surface area contributed by atoms with E-state index in [0.29, 0.717) is 11.3 Å². The zero-order valence-corrected chi connectivity index (χ0v) is 14.4. The van der Waals surface area contributed by atoms with Gasteiger partial charge >= 0.3 is 0 Å². The Morgan fingerprint density at radius 1 is 1.05 bits per heavy atom. The van der Waals surface area contributed by atoms with Crippen LogP contribution in [-0.4, -0.2) is 6.29 Å². The summed E-state index contributed by atoms with van der Waals surface area (Å²) in [4.78, 5) is 11.1. The third-order valence-corrected chi connectivity index (χ3v) is 4.07. The molecular formula is C19H21BrO2. The number of hydrogen-bond donors (Lipinski definition) is 0. The molecule has 0 spiro atoms. The Morgan fingerprint density at radius 2 is 1.82 bits per heavy atom. The van der Waals surface area contributed by atoms with Gasteiger partial charge in [-0.3, -0.25) is 4.79 Å². The van der Waals surface area contributed by atoms with Crippen LogP contribution in [0.1, 0.15) is 48.5 Å². The zero-order valence-electron chi connectivity index (χ0n) is 12.8. The van der Waals surface area contributed by atoms with E-state index in [1.54, 1.807) is 6.07 Å².